The predicted molar refractivity (Wildman–Crippen MR) is 112 cm³/mol. The van der Waals surface area contributed by atoms with Crippen LogP contribution in [0.2, 0.25) is 10.0 Å². The Morgan fingerprint density at radius 3 is 1.48 bits per heavy atom. The van der Waals surface area contributed by atoms with Gasteiger partial charge in [0.25, 0.3) is 0 Å². The lowest BCUT2D eigenvalue weighted by atomic mass is 9.59. The van der Waals surface area contributed by atoms with Crippen molar-refractivity contribution in [3.63, 3.8) is 0 Å². The Hall–Kier alpha value is -1.52. The average Bonchev–Trinajstić information content (AvgIpc) is 2.50. The molecule has 0 aliphatic heterocycles. The van der Waals surface area contributed by atoms with E-state index in [2.05, 4.69) is 0 Å². The Bertz CT molecular complexity index is 812. The lowest BCUT2D eigenvalue weighted by Crippen LogP contribution is -2.48. The predicted octanol–water partition coefficient (Wildman–Crippen LogP) is 5.23. The molecule has 0 bridgehead atoms. The number of halogens is 2. The van der Waals surface area contributed by atoms with Crippen molar-refractivity contribution in [1.29, 1.82) is 0 Å². The topological polar surface area (TPSA) is 68.3 Å². The van der Waals surface area contributed by atoms with Crippen LogP contribution in [0.1, 0.15) is 64.9 Å². The Morgan fingerprint density at radius 2 is 1.14 bits per heavy atom. The molecule has 0 aromatic heterocycles. The number of Topliss-reactive ketones (excluding diaryl/α,β-unsaturated/α-hetero) is 4. The van der Waals surface area contributed by atoms with Gasteiger partial charge >= 0.3 is 0 Å². The minimum Gasteiger partial charge on any atom is -0.299 e. The molecule has 4 nitrogen and oxygen atoms in total. The van der Waals surface area contributed by atoms with Crippen LogP contribution in [-0.4, -0.2) is 23.1 Å². The van der Waals surface area contributed by atoms with Gasteiger partial charge in [0.05, 0.1) is 11.8 Å². The van der Waals surface area contributed by atoms with Gasteiger partial charge in [-0.1, -0.05) is 57.0 Å². The van der Waals surface area contributed by atoms with Crippen LogP contribution in [-0.2, 0) is 19.2 Å². The smallest absolute Gasteiger partial charge is 0.144 e. The molecule has 0 spiro atoms. The zero-order chi connectivity index (χ0) is 21.7. The van der Waals surface area contributed by atoms with Gasteiger partial charge in [0.15, 0.2) is 0 Å². The Labute approximate surface area is 181 Å². The standard InChI is InChI=1S/C23H26Cl2O4/c1-22(2)8-15(26)20(16(27)9-22)19(13-6-5-12(24)7-14(13)25)21-17(28)10-23(3,4)11-18(21)29/h5-7,19-21H,8-11H2,1-4H3. The summed E-state index contributed by atoms with van der Waals surface area (Å²) in [5.41, 5.74) is -0.391. The summed E-state index contributed by atoms with van der Waals surface area (Å²) in [4.78, 5) is 52.3. The molecule has 0 atom stereocenters. The molecule has 0 N–H and O–H groups in total. The van der Waals surface area contributed by atoms with Crippen molar-refractivity contribution in [2.45, 2.75) is 59.3 Å². The van der Waals surface area contributed by atoms with Gasteiger partial charge in [-0.2, -0.15) is 0 Å². The number of carbonyl (C=O) groups excluding carboxylic acids is 4. The van der Waals surface area contributed by atoms with Crippen molar-refractivity contribution in [3.8, 4) is 0 Å². The maximum Gasteiger partial charge on any atom is 0.144 e. The van der Waals surface area contributed by atoms with E-state index in [0.29, 0.717) is 10.6 Å². The van der Waals surface area contributed by atoms with Crippen LogP contribution in [0, 0.1) is 22.7 Å². The Morgan fingerprint density at radius 1 is 0.759 bits per heavy atom. The minimum atomic E-state index is -1.04. The summed E-state index contributed by atoms with van der Waals surface area (Å²) in [6, 6.07) is 4.77. The van der Waals surface area contributed by atoms with E-state index in [1.807, 2.05) is 27.7 Å². The third-order valence-electron chi connectivity index (χ3n) is 6.04. The molecule has 0 heterocycles. The van der Waals surface area contributed by atoms with Gasteiger partial charge in [-0.25, -0.2) is 0 Å². The Kier molecular flexibility index (Phi) is 5.83. The molecule has 2 aliphatic carbocycles. The summed E-state index contributed by atoms with van der Waals surface area (Å²) in [7, 11) is 0. The van der Waals surface area contributed by atoms with E-state index in [0.717, 1.165) is 0 Å². The van der Waals surface area contributed by atoms with Gasteiger partial charge in [-0.15, -0.1) is 0 Å². The maximum absolute atomic E-state index is 13.1. The third kappa shape index (κ3) is 4.49. The van der Waals surface area contributed by atoms with E-state index >= 15 is 0 Å². The van der Waals surface area contributed by atoms with Gasteiger partial charge in [0.1, 0.15) is 23.1 Å². The van der Waals surface area contributed by atoms with Crippen LogP contribution in [0.5, 0.6) is 0 Å². The molecule has 0 radical (unpaired) electrons. The minimum absolute atomic E-state index is 0.228. The highest BCUT2D eigenvalue weighted by molar-refractivity contribution is 6.35. The summed E-state index contributed by atoms with van der Waals surface area (Å²) < 4.78 is 0. The molecule has 1 aromatic carbocycles. The van der Waals surface area contributed by atoms with Gasteiger partial charge < -0.3 is 0 Å². The molecule has 0 amide bonds. The highest BCUT2D eigenvalue weighted by atomic mass is 35.5. The molecule has 3 rings (SSSR count). The van der Waals surface area contributed by atoms with Gasteiger partial charge in [-0.3, -0.25) is 19.2 Å². The van der Waals surface area contributed by atoms with E-state index in [4.69, 9.17) is 23.2 Å². The fourth-order valence-corrected chi connectivity index (χ4v) is 5.47. The lowest BCUT2D eigenvalue weighted by molar-refractivity contribution is -0.145. The zero-order valence-electron chi connectivity index (χ0n) is 17.2. The van der Waals surface area contributed by atoms with Crippen LogP contribution in [0.3, 0.4) is 0 Å². The number of hydrogen-bond acceptors (Lipinski definition) is 4. The molecule has 156 valence electrons. The highest BCUT2D eigenvalue weighted by Crippen LogP contribution is 2.48. The van der Waals surface area contributed by atoms with Crippen LogP contribution in [0.25, 0.3) is 0 Å². The largest absolute Gasteiger partial charge is 0.299 e. The molecule has 0 saturated heterocycles. The second kappa shape index (κ2) is 7.63. The van der Waals surface area contributed by atoms with E-state index < -0.39 is 28.6 Å². The monoisotopic (exact) mass is 436 g/mol. The first-order valence-corrected chi connectivity index (χ1v) is 10.6. The number of hydrogen-bond donors (Lipinski definition) is 0. The summed E-state index contributed by atoms with van der Waals surface area (Å²) >= 11 is 12.5. The van der Waals surface area contributed by atoms with Gasteiger partial charge in [0.2, 0.25) is 0 Å². The second-order valence-electron chi connectivity index (χ2n) is 10.0. The third-order valence-corrected chi connectivity index (χ3v) is 6.60. The summed E-state index contributed by atoms with van der Waals surface area (Å²) in [6.45, 7) is 7.51. The molecule has 1 aromatic rings. The molecular weight excluding hydrogens is 411 g/mol. The maximum atomic E-state index is 13.1. The van der Waals surface area contributed by atoms with Crippen molar-refractivity contribution >= 4 is 46.3 Å². The molecule has 2 aliphatic rings. The molecule has 2 saturated carbocycles. The van der Waals surface area contributed by atoms with Gasteiger partial charge in [-0.05, 0) is 28.5 Å². The summed E-state index contributed by atoms with van der Waals surface area (Å²) in [6.07, 6.45) is 0.912. The van der Waals surface area contributed by atoms with Crippen molar-refractivity contribution in [1.82, 2.24) is 0 Å². The second-order valence-corrected chi connectivity index (χ2v) is 10.9. The molecule has 6 heteroatoms. The molecule has 2 fully saturated rings. The fraction of sp³-hybridized carbons (Fsp3) is 0.565. The molecule has 0 unspecified atom stereocenters. The molecule has 29 heavy (non-hydrogen) atoms. The van der Waals surface area contributed by atoms with Crippen LogP contribution < -0.4 is 0 Å². The van der Waals surface area contributed by atoms with E-state index in [1.54, 1.807) is 12.1 Å². The lowest BCUT2D eigenvalue weighted by Gasteiger charge is -2.41. The number of ketones is 4. The number of rotatable bonds is 3. The van der Waals surface area contributed by atoms with Crippen molar-refractivity contribution < 1.29 is 19.2 Å². The number of benzene rings is 1. The first-order valence-electron chi connectivity index (χ1n) is 9.87. The Balaban J connectivity index is 2.13. The summed E-state index contributed by atoms with van der Waals surface area (Å²) in [5.74, 6) is -3.88. The normalized spacial score (nSPS) is 23.1. The van der Waals surface area contributed by atoms with E-state index in [-0.39, 0.29) is 53.8 Å². The fourth-order valence-electron chi connectivity index (χ4n) is 4.94. The van der Waals surface area contributed by atoms with Crippen LogP contribution >= 0.6 is 23.2 Å². The van der Waals surface area contributed by atoms with Crippen LogP contribution in [0.15, 0.2) is 18.2 Å². The van der Waals surface area contributed by atoms with E-state index in [1.165, 1.54) is 6.07 Å². The first kappa shape index (κ1) is 22.2. The van der Waals surface area contributed by atoms with Gasteiger partial charge in [0, 0.05) is 41.6 Å². The highest BCUT2D eigenvalue weighted by Gasteiger charge is 2.52. The van der Waals surface area contributed by atoms with E-state index in [9.17, 15) is 19.2 Å². The summed E-state index contributed by atoms with van der Waals surface area (Å²) in [5, 5.41) is 0.667. The van der Waals surface area contributed by atoms with Crippen molar-refractivity contribution in [2.24, 2.45) is 22.7 Å². The van der Waals surface area contributed by atoms with Crippen molar-refractivity contribution in [2.75, 3.05) is 0 Å². The molecular formula is C23H26Cl2O4. The quantitative estimate of drug-likeness (QED) is 0.608. The number of carbonyl (C=O) groups is 4. The zero-order valence-corrected chi connectivity index (χ0v) is 18.7. The SMILES string of the molecule is CC1(C)CC(=O)C(C(c2ccc(Cl)cc2Cl)C2C(=O)CC(C)(C)CC2=O)C(=O)C1. The first-order chi connectivity index (χ1) is 13.3. The average molecular weight is 437 g/mol. The van der Waals surface area contributed by atoms with Crippen LogP contribution in [0.4, 0.5) is 0 Å². The van der Waals surface area contributed by atoms with Crippen molar-refractivity contribution in [3.05, 3.63) is 33.8 Å².